The van der Waals surface area contributed by atoms with Gasteiger partial charge < -0.3 is 0 Å². The first kappa shape index (κ1) is 10.2. The minimum atomic E-state index is -1.05. The Balaban J connectivity index is 2.95. The van der Waals surface area contributed by atoms with E-state index in [4.69, 9.17) is 13.4 Å². The average Bonchev–Trinajstić information content (AvgIpc) is 1.85. The van der Waals surface area contributed by atoms with Crippen LogP contribution in [0.4, 0.5) is 0 Å². The van der Waals surface area contributed by atoms with Gasteiger partial charge in [0, 0.05) is 0 Å². The van der Waals surface area contributed by atoms with Crippen molar-refractivity contribution in [2.45, 2.75) is 36.2 Å². The molecule has 9 heavy (non-hydrogen) atoms. The van der Waals surface area contributed by atoms with Crippen molar-refractivity contribution < 1.29 is 28.4 Å². The van der Waals surface area contributed by atoms with Crippen LogP contribution in [0.5, 0.6) is 0 Å². The summed E-state index contributed by atoms with van der Waals surface area (Å²) >= 11 is -1.05. The molecule has 0 amide bonds. The maximum absolute atomic E-state index is 9.15. The molecule has 0 bridgehead atoms. The van der Waals surface area contributed by atoms with Crippen molar-refractivity contribution in [3.8, 4) is 0 Å². The molecule has 0 aliphatic carbocycles. The molecular weight excluding hydrogens is 324 g/mol. The fourth-order valence-electron chi connectivity index (χ4n) is 0.710. The summed E-state index contributed by atoms with van der Waals surface area (Å²) in [7, 11) is 5.64. The third kappa shape index (κ3) is 7.08. The molecule has 52 valence electrons. The Morgan fingerprint density at radius 1 is 1.67 bits per heavy atom. The van der Waals surface area contributed by atoms with Gasteiger partial charge >= 0.3 is 72.9 Å². The van der Waals surface area contributed by atoms with Crippen molar-refractivity contribution in [1.29, 1.82) is 0 Å². The first-order valence-electron chi connectivity index (χ1n) is 3.55. The standard InChI is InChI=1S/C6H13O.ClH.Hg/c1-3-4-5-6(2)7;;/h6-7H,2-5H2,1H3;1H;/q;;+1/p-1. The Kier molecular flexibility index (Phi) is 8.25. The quantitative estimate of drug-likeness (QED) is 0.763. The minimum absolute atomic E-state index is 0.0656. The number of hydrogen-bond donors (Lipinski definition) is 1. The molecule has 0 spiro atoms. The molecule has 1 N–H and O–H groups in total. The van der Waals surface area contributed by atoms with Crippen LogP contribution >= 0.6 is 8.25 Å². The van der Waals surface area contributed by atoms with Crippen molar-refractivity contribution in [2.24, 2.45) is 0 Å². The van der Waals surface area contributed by atoms with E-state index in [-0.39, 0.29) is 6.10 Å². The summed E-state index contributed by atoms with van der Waals surface area (Å²) in [5.74, 6) is 0. The van der Waals surface area contributed by atoms with Gasteiger partial charge in [0.2, 0.25) is 0 Å². The molecular formula is C6H13ClHgO. The zero-order valence-corrected chi connectivity index (χ0v) is 12.2. The van der Waals surface area contributed by atoms with Crippen molar-refractivity contribution in [3.05, 3.63) is 0 Å². The van der Waals surface area contributed by atoms with Crippen molar-refractivity contribution in [2.75, 3.05) is 0 Å². The van der Waals surface area contributed by atoms with E-state index in [1.54, 1.807) is 0 Å². The molecule has 0 rings (SSSR count). The molecule has 1 unspecified atom stereocenters. The number of rotatable bonds is 5. The molecule has 0 radical (unpaired) electrons. The van der Waals surface area contributed by atoms with E-state index < -0.39 is 23.3 Å². The Labute approximate surface area is 72.7 Å². The van der Waals surface area contributed by atoms with Gasteiger partial charge in [0.1, 0.15) is 0 Å². The Morgan fingerprint density at radius 2 is 2.33 bits per heavy atom. The van der Waals surface area contributed by atoms with Gasteiger partial charge in [-0.3, -0.25) is 0 Å². The van der Waals surface area contributed by atoms with Crippen LogP contribution in [0.1, 0.15) is 26.2 Å². The zero-order valence-electron chi connectivity index (χ0n) is 5.94. The molecule has 0 fully saturated rings. The summed E-state index contributed by atoms with van der Waals surface area (Å²) in [6, 6.07) is 0. The second kappa shape index (κ2) is 7.29. The first-order valence-corrected chi connectivity index (χ1v) is 14.2. The molecule has 1 atom stereocenters. The fourth-order valence-corrected chi connectivity index (χ4v) is 5.02. The maximum atomic E-state index is 9.15. The van der Waals surface area contributed by atoms with Crippen LogP contribution in [-0.4, -0.2) is 11.2 Å². The first-order chi connectivity index (χ1) is 4.31. The Morgan fingerprint density at radius 3 is 2.78 bits per heavy atom. The average molecular weight is 337 g/mol. The van der Waals surface area contributed by atoms with Crippen LogP contribution in [0, 0.1) is 0 Å². The van der Waals surface area contributed by atoms with Crippen LogP contribution in [0.2, 0.25) is 3.93 Å². The van der Waals surface area contributed by atoms with Gasteiger partial charge in [0.25, 0.3) is 0 Å². The molecule has 0 heterocycles. The van der Waals surface area contributed by atoms with Gasteiger partial charge in [-0.05, 0) is 0 Å². The summed E-state index contributed by atoms with van der Waals surface area (Å²) in [5, 5.41) is 9.15. The number of aliphatic hydroxyl groups excluding tert-OH is 1. The number of aliphatic hydroxyl groups is 1. The van der Waals surface area contributed by atoms with Crippen LogP contribution in [0.15, 0.2) is 0 Å². The molecule has 0 aliphatic rings. The van der Waals surface area contributed by atoms with Crippen LogP contribution in [0.3, 0.4) is 0 Å². The second-order valence-corrected chi connectivity index (χ2v) is 9.30. The summed E-state index contributed by atoms with van der Waals surface area (Å²) in [6.45, 7) is 2.14. The van der Waals surface area contributed by atoms with E-state index in [0.717, 1.165) is 16.8 Å². The van der Waals surface area contributed by atoms with E-state index in [1.807, 2.05) is 0 Å². The van der Waals surface area contributed by atoms with E-state index in [9.17, 15) is 0 Å². The topological polar surface area (TPSA) is 20.2 Å². The molecule has 0 saturated heterocycles. The van der Waals surface area contributed by atoms with Crippen molar-refractivity contribution in [1.82, 2.24) is 0 Å². The van der Waals surface area contributed by atoms with Gasteiger partial charge in [-0.1, -0.05) is 0 Å². The molecule has 3 heteroatoms. The van der Waals surface area contributed by atoms with E-state index >= 15 is 0 Å². The Hall–Kier alpha value is 1.19. The third-order valence-corrected chi connectivity index (χ3v) is 6.69. The van der Waals surface area contributed by atoms with Crippen molar-refractivity contribution >= 4 is 8.25 Å². The SMILES string of the molecule is CCCCC(O)[CH2][Hg][Cl]. The van der Waals surface area contributed by atoms with Gasteiger partial charge in [-0.2, -0.15) is 0 Å². The van der Waals surface area contributed by atoms with Crippen LogP contribution < -0.4 is 0 Å². The predicted octanol–water partition coefficient (Wildman–Crippen LogP) is 2.19. The van der Waals surface area contributed by atoms with Gasteiger partial charge in [0.15, 0.2) is 0 Å². The number of unbranched alkanes of at least 4 members (excludes halogenated alkanes) is 1. The Bertz CT molecular complexity index is 61.0. The number of hydrogen-bond acceptors (Lipinski definition) is 1. The summed E-state index contributed by atoms with van der Waals surface area (Å²) in [6.07, 6.45) is 3.22. The second-order valence-electron chi connectivity index (χ2n) is 2.27. The molecule has 0 aliphatic heterocycles. The van der Waals surface area contributed by atoms with Gasteiger partial charge in [-0.15, -0.1) is 0 Å². The van der Waals surface area contributed by atoms with E-state index in [1.165, 1.54) is 6.42 Å². The summed E-state index contributed by atoms with van der Waals surface area (Å²) < 4.78 is 0.960. The van der Waals surface area contributed by atoms with E-state index in [0.29, 0.717) is 0 Å². The molecule has 1 nitrogen and oxygen atoms in total. The fraction of sp³-hybridized carbons (Fsp3) is 1.00. The van der Waals surface area contributed by atoms with Crippen LogP contribution in [0.25, 0.3) is 0 Å². The van der Waals surface area contributed by atoms with E-state index in [2.05, 4.69) is 6.92 Å². The molecule has 0 aromatic rings. The van der Waals surface area contributed by atoms with Gasteiger partial charge in [0.05, 0.1) is 0 Å². The molecule has 0 aromatic heterocycles. The van der Waals surface area contributed by atoms with Crippen LogP contribution in [-0.2, 0) is 23.3 Å². The molecule has 0 saturated carbocycles. The van der Waals surface area contributed by atoms with Gasteiger partial charge in [-0.25, -0.2) is 0 Å². The molecule has 0 aromatic carbocycles. The number of halogens is 1. The predicted molar refractivity (Wildman–Crippen MR) is 36.2 cm³/mol. The normalized spacial score (nSPS) is 12.8. The third-order valence-electron chi connectivity index (χ3n) is 1.33. The van der Waals surface area contributed by atoms with Crippen molar-refractivity contribution in [3.63, 3.8) is 0 Å². The monoisotopic (exact) mass is 338 g/mol. The summed E-state index contributed by atoms with van der Waals surface area (Å²) in [4.78, 5) is 0. The zero-order chi connectivity index (χ0) is 7.11. The summed E-state index contributed by atoms with van der Waals surface area (Å²) in [5.41, 5.74) is 0.